The molecule has 1 aromatic carbocycles. The van der Waals surface area contributed by atoms with Gasteiger partial charge in [0.05, 0.1) is 5.70 Å². The fourth-order valence-corrected chi connectivity index (χ4v) is 2.82. The topological polar surface area (TPSA) is 56.1 Å². The van der Waals surface area contributed by atoms with Crippen LogP contribution >= 0.6 is 0 Å². The molecule has 1 aromatic rings. The lowest BCUT2D eigenvalue weighted by Crippen LogP contribution is -2.46. The first-order valence-corrected chi connectivity index (χ1v) is 6.26. The average Bonchev–Trinajstić information content (AvgIpc) is 2.42. The van der Waals surface area contributed by atoms with Crippen LogP contribution in [0.5, 0.6) is 5.75 Å². The fraction of sp³-hybridized carbons (Fsp3) is 0.357. The lowest BCUT2D eigenvalue weighted by molar-refractivity contribution is 0.229. The maximum Gasteiger partial charge on any atom is 0.122 e. The molecule has 0 amide bonds. The minimum absolute atomic E-state index is 0.255. The normalized spacial score (nSPS) is 24.1. The highest BCUT2D eigenvalue weighted by Crippen LogP contribution is 2.34. The third-order valence-electron chi connectivity index (χ3n) is 3.82. The standard InChI is InChI=1S/C14H16N2O2/c17-13-4-2-1-3-11(13)9-12-14(15-18)10-5-7-16(12)8-6-10/h1-4,9-10,17-18H,5-8H2/b12-9-,15-14?. The summed E-state index contributed by atoms with van der Waals surface area (Å²) in [6.45, 7) is 2.01. The number of fused-ring (bicyclic) bond motifs is 3. The lowest BCUT2D eigenvalue weighted by Gasteiger charge is -2.42. The molecule has 94 valence electrons. The van der Waals surface area contributed by atoms with E-state index < -0.39 is 0 Å². The first kappa shape index (κ1) is 11.1. The molecule has 4 rings (SSSR count). The summed E-state index contributed by atoms with van der Waals surface area (Å²) in [5.74, 6) is 0.613. The number of para-hydroxylation sites is 1. The second-order valence-electron chi connectivity index (χ2n) is 4.83. The van der Waals surface area contributed by atoms with Gasteiger partial charge < -0.3 is 15.2 Å². The Kier molecular flexibility index (Phi) is 2.70. The highest BCUT2D eigenvalue weighted by molar-refractivity contribution is 6.05. The van der Waals surface area contributed by atoms with Crippen LogP contribution in [0.15, 0.2) is 35.1 Å². The Hall–Kier alpha value is -1.97. The summed E-state index contributed by atoms with van der Waals surface area (Å²) in [7, 11) is 0. The summed E-state index contributed by atoms with van der Waals surface area (Å²) in [6.07, 6.45) is 4.02. The number of hydrogen-bond acceptors (Lipinski definition) is 4. The Bertz CT molecular complexity index is 514. The summed E-state index contributed by atoms with van der Waals surface area (Å²) >= 11 is 0. The third-order valence-corrected chi connectivity index (χ3v) is 3.82. The molecular weight excluding hydrogens is 228 g/mol. The molecule has 0 aromatic heterocycles. The van der Waals surface area contributed by atoms with E-state index in [0.717, 1.165) is 42.9 Å². The largest absolute Gasteiger partial charge is 0.507 e. The zero-order chi connectivity index (χ0) is 12.5. The number of allylic oxidation sites excluding steroid dienone is 1. The van der Waals surface area contributed by atoms with Crippen LogP contribution in [0.3, 0.4) is 0 Å². The average molecular weight is 244 g/mol. The number of benzene rings is 1. The van der Waals surface area contributed by atoms with E-state index in [1.165, 1.54) is 0 Å². The smallest absolute Gasteiger partial charge is 0.122 e. The van der Waals surface area contributed by atoms with Crippen molar-refractivity contribution in [2.45, 2.75) is 12.8 Å². The van der Waals surface area contributed by atoms with Crippen molar-refractivity contribution in [3.8, 4) is 5.75 Å². The number of hydrogen-bond donors (Lipinski definition) is 2. The zero-order valence-electron chi connectivity index (χ0n) is 10.1. The van der Waals surface area contributed by atoms with E-state index in [0.29, 0.717) is 5.92 Å². The monoisotopic (exact) mass is 244 g/mol. The Morgan fingerprint density at radius 1 is 1.22 bits per heavy atom. The van der Waals surface area contributed by atoms with Crippen LogP contribution in [0.1, 0.15) is 18.4 Å². The molecule has 3 saturated heterocycles. The molecule has 18 heavy (non-hydrogen) atoms. The fourth-order valence-electron chi connectivity index (χ4n) is 2.82. The minimum atomic E-state index is 0.255. The molecule has 3 aliphatic heterocycles. The highest BCUT2D eigenvalue weighted by Gasteiger charge is 2.35. The van der Waals surface area contributed by atoms with E-state index in [1.54, 1.807) is 12.1 Å². The van der Waals surface area contributed by atoms with Crippen molar-refractivity contribution in [1.29, 1.82) is 0 Å². The summed E-state index contributed by atoms with van der Waals surface area (Å²) in [5, 5.41) is 22.5. The van der Waals surface area contributed by atoms with Gasteiger partial charge in [0, 0.05) is 24.6 Å². The Morgan fingerprint density at radius 2 is 1.94 bits per heavy atom. The second-order valence-corrected chi connectivity index (χ2v) is 4.83. The summed E-state index contributed by atoms with van der Waals surface area (Å²) in [6, 6.07) is 7.21. The Balaban J connectivity index is 2.02. The van der Waals surface area contributed by atoms with Crippen LogP contribution in [-0.4, -0.2) is 34.0 Å². The van der Waals surface area contributed by atoms with Crippen molar-refractivity contribution >= 4 is 11.8 Å². The van der Waals surface area contributed by atoms with E-state index >= 15 is 0 Å². The number of aromatic hydroxyl groups is 1. The number of phenols is 1. The van der Waals surface area contributed by atoms with Crippen molar-refractivity contribution in [3.63, 3.8) is 0 Å². The molecule has 2 bridgehead atoms. The number of oxime groups is 1. The van der Waals surface area contributed by atoms with Crippen LogP contribution < -0.4 is 0 Å². The SMILES string of the molecule is ON=C1/C(=C/c2ccccc2O)N2CCC1CC2. The molecule has 3 aliphatic rings. The summed E-state index contributed by atoms with van der Waals surface area (Å²) < 4.78 is 0. The molecule has 0 radical (unpaired) electrons. The maximum absolute atomic E-state index is 9.80. The van der Waals surface area contributed by atoms with Gasteiger partial charge in [-0.2, -0.15) is 0 Å². The lowest BCUT2D eigenvalue weighted by atomic mass is 9.83. The van der Waals surface area contributed by atoms with Crippen LogP contribution in [0.2, 0.25) is 0 Å². The molecule has 0 aliphatic carbocycles. The molecule has 0 unspecified atom stereocenters. The summed E-state index contributed by atoms with van der Waals surface area (Å²) in [4.78, 5) is 2.22. The van der Waals surface area contributed by atoms with Crippen LogP contribution in [-0.2, 0) is 0 Å². The Labute approximate surface area is 106 Å². The van der Waals surface area contributed by atoms with Gasteiger partial charge in [-0.25, -0.2) is 0 Å². The second kappa shape index (κ2) is 4.37. The Morgan fingerprint density at radius 3 is 2.61 bits per heavy atom. The predicted molar refractivity (Wildman–Crippen MR) is 69.6 cm³/mol. The van der Waals surface area contributed by atoms with Crippen molar-refractivity contribution in [2.75, 3.05) is 13.1 Å². The van der Waals surface area contributed by atoms with Gasteiger partial charge >= 0.3 is 0 Å². The van der Waals surface area contributed by atoms with E-state index in [1.807, 2.05) is 18.2 Å². The molecule has 2 N–H and O–H groups in total. The van der Waals surface area contributed by atoms with Gasteiger partial charge in [0.1, 0.15) is 11.5 Å². The first-order chi connectivity index (χ1) is 8.79. The molecule has 0 saturated carbocycles. The van der Waals surface area contributed by atoms with Gasteiger partial charge in [-0.3, -0.25) is 0 Å². The van der Waals surface area contributed by atoms with Crippen LogP contribution in [0.25, 0.3) is 6.08 Å². The third kappa shape index (κ3) is 1.74. The molecule has 3 fully saturated rings. The van der Waals surface area contributed by atoms with Crippen molar-refractivity contribution in [3.05, 3.63) is 35.5 Å². The summed E-state index contributed by atoms with van der Waals surface area (Å²) in [5.41, 5.74) is 2.47. The quantitative estimate of drug-likeness (QED) is 0.588. The zero-order valence-corrected chi connectivity index (χ0v) is 10.1. The number of nitrogens with zero attached hydrogens (tertiary/aromatic N) is 2. The number of piperidine rings is 3. The molecule has 0 atom stereocenters. The van der Waals surface area contributed by atoms with Crippen molar-refractivity contribution < 1.29 is 10.3 Å². The van der Waals surface area contributed by atoms with Gasteiger partial charge in [-0.15, -0.1) is 0 Å². The van der Waals surface area contributed by atoms with E-state index in [9.17, 15) is 10.3 Å². The van der Waals surface area contributed by atoms with E-state index in [4.69, 9.17) is 0 Å². The molecule has 0 spiro atoms. The molecule has 4 heteroatoms. The van der Waals surface area contributed by atoms with Gasteiger partial charge in [-0.05, 0) is 25.0 Å². The van der Waals surface area contributed by atoms with Crippen LogP contribution in [0, 0.1) is 5.92 Å². The maximum atomic E-state index is 9.80. The minimum Gasteiger partial charge on any atom is -0.507 e. The molecular formula is C14H16N2O2. The van der Waals surface area contributed by atoms with Gasteiger partial charge in [0.25, 0.3) is 0 Å². The van der Waals surface area contributed by atoms with E-state index in [-0.39, 0.29) is 5.75 Å². The van der Waals surface area contributed by atoms with Gasteiger partial charge in [0.2, 0.25) is 0 Å². The highest BCUT2D eigenvalue weighted by atomic mass is 16.4. The van der Waals surface area contributed by atoms with Gasteiger partial charge in [0.15, 0.2) is 0 Å². The van der Waals surface area contributed by atoms with Crippen LogP contribution in [0.4, 0.5) is 0 Å². The number of phenolic OH excluding ortho intramolecular Hbond substituents is 1. The van der Waals surface area contributed by atoms with Crippen molar-refractivity contribution in [1.82, 2.24) is 4.90 Å². The predicted octanol–water partition coefficient (Wildman–Crippen LogP) is 2.29. The molecule has 4 nitrogen and oxygen atoms in total. The molecule has 3 heterocycles. The number of rotatable bonds is 1. The van der Waals surface area contributed by atoms with Gasteiger partial charge in [-0.1, -0.05) is 23.4 Å². The van der Waals surface area contributed by atoms with Crippen molar-refractivity contribution in [2.24, 2.45) is 11.1 Å². The first-order valence-electron chi connectivity index (χ1n) is 6.26. The van der Waals surface area contributed by atoms with E-state index in [2.05, 4.69) is 10.1 Å².